The molecule has 196 valence electrons. The van der Waals surface area contributed by atoms with Gasteiger partial charge in [-0.25, -0.2) is 0 Å². The summed E-state index contributed by atoms with van der Waals surface area (Å²) in [6.07, 6.45) is 11.5. The van der Waals surface area contributed by atoms with Gasteiger partial charge in [-0.05, 0) is 0 Å². The molecular weight excluding hydrogens is 548 g/mol. The van der Waals surface area contributed by atoms with Gasteiger partial charge in [-0.2, -0.15) is 0 Å². The SMILES string of the molecule is C[Si](C)(C)Oc1ccc(F)[c]([Ti]([C]2=CC=CC2)([C]2=CC=CC2)[c]2c(F)ccc(O[Si](C)(C)C)c2F)c1F. The number of halogens is 4. The molecule has 0 heterocycles. The Hall–Kier alpha value is -2.13. The summed E-state index contributed by atoms with van der Waals surface area (Å²) < 4.78 is 77.8. The van der Waals surface area contributed by atoms with E-state index in [0.717, 1.165) is 12.1 Å². The fraction of sp³-hybridized carbons (Fsp3) is 0.286. The van der Waals surface area contributed by atoms with Gasteiger partial charge in [0.05, 0.1) is 0 Å². The van der Waals surface area contributed by atoms with Crippen LogP contribution in [0, 0.1) is 23.3 Å². The topological polar surface area (TPSA) is 18.5 Å². The number of hydrogen-bond donors (Lipinski definition) is 0. The van der Waals surface area contributed by atoms with Crippen LogP contribution in [0.25, 0.3) is 0 Å². The van der Waals surface area contributed by atoms with Crippen LogP contribution in [0.4, 0.5) is 17.6 Å². The second-order valence-corrected chi connectivity index (χ2v) is 26.1. The average molecular weight is 581 g/mol. The summed E-state index contributed by atoms with van der Waals surface area (Å²) in [6, 6.07) is 4.88. The first-order valence-corrected chi connectivity index (χ1v) is 22.3. The first-order valence-electron chi connectivity index (χ1n) is 12.3. The number of hydrogen-bond acceptors (Lipinski definition) is 2. The van der Waals surface area contributed by atoms with Gasteiger partial charge in [0, 0.05) is 0 Å². The van der Waals surface area contributed by atoms with E-state index in [1.807, 2.05) is 51.4 Å². The van der Waals surface area contributed by atoms with Gasteiger partial charge in [0.2, 0.25) is 0 Å². The number of rotatable bonds is 8. The van der Waals surface area contributed by atoms with Gasteiger partial charge in [-0.1, -0.05) is 0 Å². The van der Waals surface area contributed by atoms with Crippen molar-refractivity contribution in [2.24, 2.45) is 0 Å². The van der Waals surface area contributed by atoms with Crippen molar-refractivity contribution in [2.75, 3.05) is 0 Å². The van der Waals surface area contributed by atoms with Crippen LogP contribution < -0.4 is 16.6 Å². The van der Waals surface area contributed by atoms with Crippen molar-refractivity contribution >= 4 is 24.4 Å². The van der Waals surface area contributed by atoms with E-state index in [-0.39, 0.29) is 19.2 Å². The molecule has 0 aromatic heterocycles. The Morgan fingerprint density at radius 3 is 1.30 bits per heavy atom. The molecule has 2 nitrogen and oxygen atoms in total. The molecule has 37 heavy (non-hydrogen) atoms. The molecule has 0 unspecified atom stereocenters. The van der Waals surface area contributed by atoms with E-state index >= 15 is 17.6 Å². The second-order valence-electron chi connectivity index (χ2n) is 11.3. The van der Waals surface area contributed by atoms with Crippen molar-refractivity contribution in [3.8, 4) is 11.5 Å². The molecule has 2 aromatic carbocycles. The fourth-order valence-corrected chi connectivity index (χ4v) is 14.9. The molecule has 0 amide bonds. The Bertz CT molecular complexity index is 1250. The summed E-state index contributed by atoms with van der Waals surface area (Å²) in [6.45, 7) is 11.4. The number of allylic oxidation sites excluding steroid dienone is 8. The second kappa shape index (κ2) is 10.2. The predicted molar refractivity (Wildman–Crippen MR) is 144 cm³/mol. The van der Waals surface area contributed by atoms with Gasteiger partial charge in [-0.15, -0.1) is 0 Å². The maximum absolute atomic E-state index is 16.5. The third-order valence-electron chi connectivity index (χ3n) is 6.20. The zero-order valence-corrected chi connectivity index (χ0v) is 25.6. The van der Waals surface area contributed by atoms with Crippen molar-refractivity contribution < 1.29 is 43.0 Å². The fourth-order valence-electron chi connectivity index (χ4n) is 5.00. The summed E-state index contributed by atoms with van der Waals surface area (Å²) in [5.41, 5.74) is 0. The molecule has 0 atom stereocenters. The Morgan fingerprint density at radius 1 is 0.622 bits per heavy atom. The number of benzene rings is 2. The molecule has 0 aliphatic heterocycles. The van der Waals surface area contributed by atoms with E-state index in [2.05, 4.69) is 0 Å². The van der Waals surface area contributed by atoms with Crippen LogP contribution in [0.2, 0.25) is 39.3 Å². The first-order chi connectivity index (χ1) is 17.3. The Kier molecular flexibility index (Phi) is 7.69. The van der Waals surface area contributed by atoms with Gasteiger partial charge in [0.15, 0.2) is 0 Å². The van der Waals surface area contributed by atoms with E-state index in [4.69, 9.17) is 8.85 Å². The van der Waals surface area contributed by atoms with Crippen LogP contribution >= 0.6 is 0 Å². The van der Waals surface area contributed by atoms with Gasteiger partial charge in [0.25, 0.3) is 0 Å². The Morgan fingerprint density at radius 2 is 1.00 bits per heavy atom. The van der Waals surface area contributed by atoms with Crippen molar-refractivity contribution in [3.63, 3.8) is 0 Å². The van der Waals surface area contributed by atoms with Gasteiger partial charge in [-0.3, -0.25) is 0 Å². The minimum absolute atomic E-state index is 0.0843. The van der Waals surface area contributed by atoms with Crippen molar-refractivity contribution in [2.45, 2.75) is 52.1 Å². The Balaban J connectivity index is 2.15. The third kappa shape index (κ3) is 5.39. The summed E-state index contributed by atoms with van der Waals surface area (Å²) in [4.78, 5) is 0. The van der Waals surface area contributed by atoms with E-state index in [0.29, 0.717) is 20.6 Å². The standard InChI is InChI=1S/2C9H11F2OSi.2C5H5.Ti/c2*1-13(2,3)12-9-5-4-7(10)6-8(9)11;2*1-2-4-5-3-1;/h2*4-5H,1-3H3;2*1-3H,4H2;. The van der Waals surface area contributed by atoms with Crippen LogP contribution in [-0.2, 0) is 16.6 Å². The van der Waals surface area contributed by atoms with Crippen molar-refractivity contribution in [3.05, 3.63) is 91.7 Å². The molecular formula is C28H32F4O2Si2Ti. The molecule has 9 heteroatoms. The van der Waals surface area contributed by atoms with E-state index in [1.165, 1.54) is 12.1 Å². The monoisotopic (exact) mass is 580 g/mol. The molecule has 2 aliphatic rings. The minimum atomic E-state index is -4.88. The van der Waals surface area contributed by atoms with Crippen molar-refractivity contribution in [1.29, 1.82) is 0 Å². The summed E-state index contributed by atoms with van der Waals surface area (Å²) in [5.74, 6) is -3.57. The van der Waals surface area contributed by atoms with Crippen LogP contribution in [0.15, 0.2) is 68.5 Å². The van der Waals surface area contributed by atoms with E-state index < -0.39 is 56.5 Å². The van der Waals surface area contributed by atoms with Crippen LogP contribution in [0.5, 0.6) is 11.5 Å². The summed E-state index contributed by atoms with van der Waals surface area (Å²) in [7, 11) is -4.58. The normalized spacial score (nSPS) is 15.7. The molecule has 0 bridgehead atoms. The van der Waals surface area contributed by atoms with E-state index in [1.54, 1.807) is 24.3 Å². The molecule has 2 aliphatic carbocycles. The van der Waals surface area contributed by atoms with Gasteiger partial charge in [0.1, 0.15) is 0 Å². The molecule has 0 N–H and O–H groups in total. The molecule has 0 saturated heterocycles. The van der Waals surface area contributed by atoms with Crippen LogP contribution in [-0.4, -0.2) is 16.6 Å². The van der Waals surface area contributed by atoms with E-state index in [9.17, 15) is 0 Å². The molecule has 0 fully saturated rings. The maximum atomic E-state index is 16.5. The van der Waals surface area contributed by atoms with Gasteiger partial charge < -0.3 is 0 Å². The summed E-state index contributed by atoms with van der Waals surface area (Å²) >= 11 is -4.88. The first kappa shape index (κ1) is 27.9. The van der Waals surface area contributed by atoms with Crippen LogP contribution in [0.1, 0.15) is 12.8 Å². The third-order valence-corrected chi connectivity index (χ3v) is 15.8. The molecule has 2 aromatic rings. The zero-order chi connectivity index (χ0) is 27.2. The molecule has 0 saturated carbocycles. The molecule has 0 spiro atoms. The van der Waals surface area contributed by atoms with Crippen LogP contribution in [0.3, 0.4) is 0 Å². The average Bonchev–Trinajstić information content (AvgIpc) is 3.50. The Labute approximate surface area is 222 Å². The van der Waals surface area contributed by atoms with Crippen molar-refractivity contribution in [1.82, 2.24) is 0 Å². The predicted octanol–water partition coefficient (Wildman–Crippen LogP) is 7.46. The summed E-state index contributed by atoms with van der Waals surface area (Å²) in [5, 5.41) is 0. The van der Waals surface area contributed by atoms with Gasteiger partial charge >= 0.3 is 223 Å². The quantitative estimate of drug-likeness (QED) is 0.238. The zero-order valence-electron chi connectivity index (χ0n) is 22.0. The molecule has 4 rings (SSSR count). The molecule has 0 radical (unpaired) electrons.